The van der Waals surface area contributed by atoms with Gasteiger partial charge in [-0.2, -0.15) is 0 Å². The first kappa shape index (κ1) is 19.6. The van der Waals surface area contributed by atoms with Gasteiger partial charge in [0, 0.05) is 18.2 Å². The number of nitro groups is 1. The topological polar surface area (TPSA) is 114 Å². The van der Waals surface area contributed by atoms with E-state index < -0.39 is 10.8 Å². The Hall–Kier alpha value is -4.20. The molecule has 8 heteroatoms. The molecule has 0 bridgehead atoms. The fraction of sp³-hybridized carbons (Fsp3) is 0.0476. The van der Waals surface area contributed by atoms with Crippen molar-refractivity contribution >= 4 is 29.3 Å². The van der Waals surface area contributed by atoms with Crippen LogP contribution in [0.2, 0.25) is 0 Å². The summed E-state index contributed by atoms with van der Waals surface area (Å²) in [6, 6.07) is 15.9. The summed E-state index contributed by atoms with van der Waals surface area (Å²) in [7, 11) is 0. The summed E-state index contributed by atoms with van der Waals surface area (Å²) in [6.45, 7) is 0.230. The molecular formula is C21H17N3O5. The van der Waals surface area contributed by atoms with Gasteiger partial charge in [-0.25, -0.2) is 0 Å². The van der Waals surface area contributed by atoms with Gasteiger partial charge in [-0.15, -0.1) is 0 Å². The number of nitrogens with zero attached hydrogens (tertiary/aromatic N) is 1. The Balaban J connectivity index is 1.64. The maximum atomic E-state index is 12.4. The van der Waals surface area contributed by atoms with Gasteiger partial charge in [0.2, 0.25) is 5.91 Å². The van der Waals surface area contributed by atoms with Crippen molar-refractivity contribution in [3.63, 3.8) is 0 Å². The third-order valence-corrected chi connectivity index (χ3v) is 3.96. The summed E-state index contributed by atoms with van der Waals surface area (Å²) < 4.78 is 5.18. The van der Waals surface area contributed by atoms with E-state index in [0.29, 0.717) is 22.6 Å². The quantitative estimate of drug-likeness (QED) is 0.361. The van der Waals surface area contributed by atoms with E-state index >= 15 is 0 Å². The molecule has 0 aliphatic carbocycles. The van der Waals surface area contributed by atoms with E-state index in [9.17, 15) is 19.7 Å². The first-order valence-corrected chi connectivity index (χ1v) is 8.66. The summed E-state index contributed by atoms with van der Waals surface area (Å²) in [5.74, 6) is -0.169. The molecule has 146 valence electrons. The second-order valence-electron chi connectivity index (χ2n) is 5.98. The highest BCUT2D eigenvalue weighted by molar-refractivity contribution is 6.07. The Morgan fingerprint density at radius 1 is 1.03 bits per heavy atom. The normalized spacial score (nSPS) is 10.6. The zero-order valence-corrected chi connectivity index (χ0v) is 15.2. The van der Waals surface area contributed by atoms with E-state index in [1.807, 2.05) is 0 Å². The molecule has 0 fully saturated rings. The number of nitrogens with one attached hydrogen (secondary N) is 2. The predicted octanol–water partition coefficient (Wildman–Crippen LogP) is 3.77. The van der Waals surface area contributed by atoms with Gasteiger partial charge in [0.15, 0.2) is 0 Å². The van der Waals surface area contributed by atoms with Crippen LogP contribution in [0.3, 0.4) is 0 Å². The van der Waals surface area contributed by atoms with Gasteiger partial charge in [0.05, 0.1) is 29.0 Å². The maximum Gasteiger partial charge on any atom is 0.269 e. The number of hydrogen-bond donors (Lipinski definition) is 2. The minimum atomic E-state index is -0.492. The summed E-state index contributed by atoms with van der Waals surface area (Å²) in [5, 5.41) is 16.1. The van der Waals surface area contributed by atoms with Gasteiger partial charge in [0.1, 0.15) is 5.76 Å². The highest BCUT2D eigenvalue weighted by Crippen LogP contribution is 2.16. The first-order valence-electron chi connectivity index (χ1n) is 8.66. The fourth-order valence-electron chi connectivity index (χ4n) is 2.52. The van der Waals surface area contributed by atoms with Crippen LogP contribution in [-0.2, 0) is 11.3 Å². The number of para-hydroxylation sites is 1. The van der Waals surface area contributed by atoms with E-state index in [0.717, 1.165) is 0 Å². The largest absolute Gasteiger partial charge is 0.467 e. The van der Waals surface area contributed by atoms with Crippen LogP contribution in [0.5, 0.6) is 0 Å². The van der Waals surface area contributed by atoms with Crippen molar-refractivity contribution in [1.82, 2.24) is 5.32 Å². The Labute approximate surface area is 166 Å². The molecule has 0 spiro atoms. The minimum Gasteiger partial charge on any atom is -0.467 e. The number of nitro benzene ring substituents is 1. The van der Waals surface area contributed by atoms with Gasteiger partial charge in [0.25, 0.3) is 11.6 Å². The molecule has 3 rings (SSSR count). The monoisotopic (exact) mass is 391 g/mol. The molecule has 2 amide bonds. The molecule has 29 heavy (non-hydrogen) atoms. The zero-order chi connectivity index (χ0) is 20.6. The lowest BCUT2D eigenvalue weighted by atomic mass is 10.1. The standard InChI is InChI=1S/C21H17N3O5/c25-20(12-9-15-7-10-16(11-8-15)24(27)28)23-19-6-2-1-5-18(19)21(26)22-14-17-4-3-13-29-17/h1-13H,14H2,(H,22,26)(H,23,25)/b12-9+. The summed E-state index contributed by atoms with van der Waals surface area (Å²) in [5.41, 5.74) is 1.29. The Morgan fingerprint density at radius 3 is 2.48 bits per heavy atom. The van der Waals surface area contributed by atoms with E-state index in [-0.39, 0.29) is 18.1 Å². The highest BCUT2D eigenvalue weighted by atomic mass is 16.6. The molecule has 8 nitrogen and oxygen atoms in total. The SMILES string of the molecule is O=C(/C=C/c1ccc([N+](=O)[O-])cc1)Nc1ccccc1C(=O)NCc1ccco1. The first-order chi connectivity index (χ1) is 14.0. The van der Waals surface area contributed by atoms with Crippen molar-refractivity contribution in [2.45, 2.75) is 6.54 Å². The average Bonchev–Trinajstić information content (AvgIpc) is 3.25. The number of rotatable bonds is 7. The lowest BCUT2D eigenvalue weighted by Crippen LogP contribution is -2.24. The number of carbonyl (C=O) groups excluding carboxylic acids is 2. The maximum absolute atomic E-state index is 12.4. The molecular weight excluding hydrogens is 374 g/mol. The van der Waals surface area contributed by atoms with Crippen molar-refractivity contribution in [3.8, 4) is 0 Å². The van der Waals surface area contributed by atoms with Gasteiger partial charge in [-0.3, -0.25) is 19.7 Å². The minimum absolute atomic E-state index is 0.0268. The van der Waals surface area contributed by atoms with Crippen LogP contribution in [0.4, 0.5) is 11.4 Å². The molecule has 0 saturated carbocycles. The predicted molar refractivity (Wildman–Crippen MR) is 107 cm³/mol. The second-order valence-corrected chi connectivity index (χ2v) is 5.98. The van der Waals surface area contributed by atoms with Crippen molar-refractivity contribution in [1.29, 1.82) is 0 Å². The lowest BCUT2D eigenvalue weighted by molar-refractivity contribution is -0.384. The van der Waals surface area contributed by atoms with Crippen LogP contribution >= 0.6 is 0 Å². The average molecular weight is 391 g/mol. The molecule has 0 unspecified atom stereocenters. The van der Waals surface area contributed by atoms with E-state index in [1.165, 1.54) is 42.7 Å². The number of carbonyl (C=O) groups is 2. The van der Waals surface area contributed by atoms with Crippen LogP contribution in [0, 0.1) is 10.1 Å². The van der Waals surface area contributed by atoms with Crippen molar-refractivity contribution < 1.29 is 18.9 Å². The molecule has 1 aromatic heterocycles. The van der Waals surface area contributed by atoms with Crippen LogP contribution in [0.1, 0.15) is 21.7 Å². The third-order valence-electron chi connectivity index (χ3n) is 3.96. The van der Waals surface area contributed by atoms with E-state index in [2.05, 4.69) is 10.6 Å². The molecule has 2 aromatic carbocycles. The van der Waals surface area contributed by atoms with Crippen molar-refractivity contribution in [2.24, 2.45) is 0 Å². The lowest BCUT2D eigenvalue weighted by Gasteiger charge is -2.10. The van der Waals surface area contributed by atoms with Crippen LogP contribution in [0.25, 0.3) is 6.08 Å². The highest BCUT2D eigenvalue weighted by Gasteiger charge is 2.12. The number of anilines is 1. The zero-order valence-electron chi connectivity index (χ0n) is 15.2. The third kappa shape index (κ3) is 5.39. The van der Waals surface area contributed by atoms with Crippen LogP contribution in [0.15, 0.2) is 77.4 Å². The molecule has 1 heterocycles. The van der Waals surface area contributed by atoms with Crippen molar-refractivity contribution in [3.05, 3.63) is 100 Å². The van der Waals surface area contributed by atoms with Crippen molar-refractivity contribution in [2.75, 3.05) is 5.32 Å². The fourth-order valence-corrected chi connectivity index (χ4v) is 2.52. The van der Waals surface area contributed by atoms with Crippen LogP contribution < -0.4 is 10.6 Å². The van der Waals surface area contributed by atoms with E-state index in [1.54, 1.807) is 36.4 Å². The summed E-state index contributed by atoms with van der Waals surface area (Å²) in [6.07, 6.45) is 4.34. The molecule has 0 atom stereocenters. The summed E-state index contributed by atoms with van der Waals surface area (Å²) >= 11 is 0. The number of benzene rings is 2. The smallest absolute Gasteiger partial charge is 0.269 e. The molecule has 0 aliphatic rings. The molecule has 0 saturated heterocycles. The van der Waals surface area contributed by atoms with Gasteiger partial charge < -0.3 is 15.1 Å². The Bertz CT molecular complexity index is 1040. The molecule has 0 aliphatic heterocycles. The number of hydrogen-bond acceptors (Lipinski definition) is 5. The van der Waals surface area contributed by atoms with Crippen LogP contribution in [-0.4, -0.2) is 16.7 Å². The Morgan fingerprint density at radius 2 is 1.79 bits per heavy atom. The van der Waals surface area contributed by atoms with E-state index in [4.69, 9.17) is 4.42 Å². The number of amides is 2. The molecule has 2 N–H and O–H groups in total. The second kappa shape index (κ2) is 9.14. The van der Waals surface area contributed by atoms with Gasteiger partial charge in [-0.1, -0.05) is 12.1 Å². The summed E-state index contributed by atoms with van der Waals surface area (Å²) in [4.78, 5) is 34.8. The molecule has 3 aromatic rings. The number of furan rings is 1. The van der Waals surface area contributed by atoms with Gasteiger partial charge in [-0.05, 0) is 48.0 Å². The molecule has 0 radical (unpaired) electrons. The Kier molecular flexibility index (Phi) is 6.16. The van der Waals surface area contributed by atoms with Gasteiger partial charge >= 0.3 is 0 Å². The number of non-ortho nitro benzene ring substituents is 1.